The Labute approximate surface area is 203 Å². The number of halogens is 1. The predicted molar refractivity (Wildman–Crippen MR) is 130 cm³/mol. The number of carbonyl (C=O) groups is 2. The molecule has 0 radical (unpaired) electrons. The molecule has 176 valence electrons. The molecule has 0 aliphatic carbocycles. The van der Waals surface area contributed by atoms with E-state index in [2.05, 4.69) is 4.98 Å². The first kappa shape index (κ1) is 23.6. The number of rotatable bonds is 7. The Morgan fingerprint density at radius 2 is 1.79 bits per heavy atom. The van der Waals surface area contributed by atoms with Crippen LogP contribution >= 0.6 is 11.6 Å². The van der Waals surface area contributed by atoms with E-state index in [1.165, 1.54) is 7.11 Å². The van der Waals surface area contributed by atoms with Crippen molar-refractivity contribution in [3.8, 4) is 11.6 Å². The summed E-state index contributed by atoms with van der Waals surface area (Å²) in [6.45, 7) is 1.03. The summed E-state index contributed by atoms with van der Waals surface area (Å²) in [4.78, 5) is 32.5. The maximum absolute atomic E-state index is 12.8. The molecule has 3 aromatic rings. The largest absolute Gasteiger partial charge is 0.478 e. The van der Waals surface area contributed by atoms with Crippen LogP contribution in [0.2, 0.25) is 5.02 Å². The molecule has 2 heterocycles. The number of anilines is 1. The molecule has 0 bridgehead atoms. The van der Waals surface area contributed by atoms with Gasteiger partial charge in [-0.3, -0.25) is 4.79 Å². The summed E-state index contributed by atoms with van der Waals surface area (Å²) < 4.78 is 10.7. The second kappa shape index (κ2) is 11.0. The molecule has 34 heavy (non-hydrogen) atoms. The van der Waals surface area contributed by atoms with Crippen molar-refractivity contribution in [2.24, 2.45) is 5.92 Å². The van der Waals surface area contributed by atoms with Gasteiger partial charge in [0, 0.05) is 30.0 Å². The van der Waals surface area contributed by atoms with Crippen molar-refractivity contribution in [1.82, 2.24) is 9.88 Å². The summed E-state index contributed by atoms with van der Waals surface area (Å²) in [5.74, 6) is 0.703. The van der Waals surface area contributed by atoms with Crippen molar-refractivity contribution in [1.29, 1.82) is 0 Å². The summed E-state index contributed by atoms with van der Waals surface area (Å²) >= 11 is 6.06. The number of piperidine rings is 1. The summed E-state index contributed by atoms with van der Waals surface area (Å²) in [5, 5.41) is 0.614. The van der Waals surface area contributed by atoms with E-state index in [-0.39, 0.29) is 23.6 Å². The molecule has 8 heteroatoms. The van der Waals surface area contributed by atoms with Crippen molar-refractivity contribution < 1.29 is 19.1 Å². The Hall–Kier alpha value is -3.58. The fourth-order valence-corrected chi connectivity index (χ4v) is 4.50. The summed E-state index contributed by atoms with van der Waals surface area (Å²) in [6.07, 6.45) is 3.44. The average Bonchev–Trinajstić information content (AvgIpc) is 2.89. The van der Waals surface area contributed by atoms with Crippen LogP contribution in [0.15, 0.2) is 72.9 Å². The van der Waals surface area contributed by atoms with Gasteiger partial charge in [0.1, 0.15) is 0 Å². The van der Waals surface area contributed by atoms with Gasteiger partial charge in [0.25, 0.3) is 5.88 Å². The lowest BCUT2D eigenvalue weighted by Crippen LogP contribution is -2.44. The van der Waals surface area contributed by atoms with Crippen molar-refractivity contribution in [3.63, 3.8) is 0 Å². The third kappa shape index (κ3) is 5.31. The SMILES string of the molecule is COc1ncccc1OC(=O)N1CCC([C@@H](c2ccccc2)N(C=O)c2ccc(Cl)cc2)CC1. The highest BCUT2D eigenvalue weighted by Gasteiger charge is 2.34. The van der Waals surface area contributed by atoms with E-state index in [1.54, 1.807) is 40.3 Å². The minimum atomic E-state index is -0.439. The molecule has 1 fully saturated rings. The lowest BCUT2D eigenvalue weighted by Gasteiger charge is -2.40. The van der Waals surface area contributed by atoms with Gasteiger partial charge in [0.15, 0.2) is 5.75 Å². The Morgan fingerprint density at radius 3 is 2.44 bits per heavy atom. The molecule has 4 rings (SSSR count). The van der Waals surface area contributed by atoms with Crippen LogP contribution in [0.1, 0.15) is 24.4 Å². The Balaban J connectivity index is 1.50. The van der Waals surface area contributed by atoms with Crippen molar-refractivity contribution >= 4 is 29.8 Å². The number of benzene rings is 2. The van der Waals surface area contributed by atoms with Crippen LogP contribution in [0.3, 0.4) is 0 Å². The van der Waals surface area contributed by atoms with Crippen LogP contribution in [-0.2, 0) is 4.79 Å². The van der Waals surface area contributed by atoms with Crippen molar-refractivity contribution in [2.45, 2.75) is 18.9 Å². The van der Waals surface area contributed by atoms with Gasteiger partial charge < -0.3 is 19.3 Å². The minimum Gasteiger partial charge on any atom is -0.478 e. The normalized spacial score (nSPS) is 14.8. The molecule has 1 aliphatic rings. The van der Waals surface area contributed by atoms with Gasteiger partial charge in [-0.05, 0) is 60.7 Å². The van der Waals surface area contributed by atoms with E-state index in [0.717, 1.165) is 30.5 Å². The molecule has 1 saturated heterocycles. The molecule has 1 atom stereocenters. The number of pyridine rings is 1. The number of methoxy groups -OCH3 is 1. The molecule has 0 saturated carbocycles. The molecule has 7 nitrogen and oxygen atoms in total. The monoisotopic (exact) mass is 479 g/mol. The summed E-state index contributed by atoms with van der Waals surface area (Å²) in [5.41, 5.74) is 1.82. The third-order valence-corrected chi connectivity index (χ3v) is 6.30. The minimum absolute atomic E-state index is 0.153. The predicted octanol–water partition coefficient (Wildman–Crippen LogP) is 5.36. The lowest BCUT2D eigenvalue weighted by atomic mass is 9.84. The molecule has 0 spiro atoms. The van der Waals surface area contributed by atoms with Gasteiger partial charge >= 0.3 is 6.09 Å². The number of carbonyl (C=O) groups excluding carboxylic acids is 2. The molecular weight excluding hydrogens is 454 g/mol. The molecule has 2 amide bonds. The van der Waals surface area contributed by atoms with E-state index >= 15 is 0 Å². The maximum atomic E-state index is 12.8. The zero-order valence-electron chi connectivity index (χ0n) is 18.8. The highest BCUT2D eigenvalue weighted by molar-refractivity contribution is 6.30. The van der Waals surface area contributed by atoms with Crippen LogP contribution in [0.4, 0.5) is 10.5 Å². The fourth-order valence-electron chi connectivity index (χ4n) is 4.37. The first-order valence-corrected chi connectivity index (χ1v) is 11.5. The lowest BCUT2D eigenvalue weighted by molar-refractivity contribution is -0.108. The number of hydrogen-bond donors (Lipinski definition) is 0. The molecule has 1 aromatic heterocycles. The Kier molecular flexibility index (Phi) is 7.65. The van der Waals surface area contributed by atoms with E-state index in [1.807, 2.05) is 42.5 Å². The zero-order valence-corrected chi connectivity index (χ0v) is 19.6. The molecule has 0 N–H and O–H groups in total. The first-order chi connectivity index (χ1) is 16.6. The van der Waals surface area contributed by atoms with Gasteiger partial charge in [-0.15, -0.1) is 0 Å². The van der Waals surface area contributed by atoms with E-state index < -0.39 is 6.09 Å². The van der Waals surface area contributed by atoms with Gasteiger partial charge in [0.2, 0.25) is 6.41 Å². The fraction of sp³-hybridized carbons (Fsp3) is 0.269. The van der Waals surface area contributed by atoms with Crippen LogP contribution in [0, 0.1) is 5.92 Å². The topological polar surface area (TPSA) is 72.0 Å². The Bertz CT molecular complexity index is 1100. The smallest absolute Gasteiger partial charge is 0.415 e. The van der Waals surface area contributed by atoms with Crippen LogP contribution in [0.5, 0.6) is 11.6 Å². The molecule has 1 aliphatic heterocycles. The van der Waals surface area contributed by atoms with Crippen molar-refractivity contribution in [3.05, 3.63) is 83.5 Å². The van der Waals surface area contributed by atoms with Gasteiger partial charge in [-0.25, -0.2) is 9.78 Å². The van der Waals surface area contributed by atoms with Gasteiger partial charge in [0.05, 0.1) is 13.2 Å². The molecule has 2 aromatic carbocycles. The van der Waals surface area contributed by atoms with Crippen LogP contribution in [-0.4, -0.2) is 42.6 Å². The van der Waals surface area contributed by atoms with Gasteiger partial charge in [-0.2, -0.15) is 0 Å². The zero-order chi connectivity index (χ0) is 23.9. The summed E-state index contributed by atoms with van der Waals surface area (Å²) in [6, 6.07) is 20.4. The maximum Gasteiger partial charge on any atom is 0.415 e. The molecular formula is C26H26ClN3O4. The van der Waals surface area contributed by atoms with Gasteiger partial charge in [-0.1, -0.05) is 41.9 Å². The second-order valence-electron chi connectivity index (χ2n) is 8.05. The highest BCUT2D eigenvalue weighted by Crippen LogP contribution is 2.38. The number of aromatic nitrogens is 1. The highest BCUT2D eigenvalue weighted by atomic mass is 35.5. The second-order valence-corrected chi connectivity index (χ2v) is 8.48. The number of ether oxygens (including phenoxy) is 2. The number of nitrogens with zero attached hydrogens (tertiary/aromatic N) is 3. The number of likely N-dealkylation sites (tertiary alicyclic amines) is 1. The van der Waals surface area contributed by atoms with E-state index in [0.29, 0.717) is 18.1 Å². The standard InChI is InChI=1S/C26H26ClN3O4/c1-33-25-23(8-5-15-28-25)34-26(32)29-16-13-20(14-17-29)24(19-6-3-2-4-7-19)30(18-31)22-11-9-21(27)10-12-22/h2-12,15,18,20,24H,13-14,16-17H2,1H3/t24-/m1/s1. The third-order valence-electron chi connectivity index (χ3n) is 6.05. The first-order valence-electron chi connectivity index (χ1n) is 11.1. The van der Waals surface area contributed by atoms with Crippen LogP contribution < -0.4 is 14.4 Å². The van der Waals surface area contributed by atoms with Crippen LogP contribution in [0.25, 0.3) is 0 Å². The quantitative estimate of drug-likeness (QED) is 0.426. The number of hydrogen-bond acceptors (Lipinski definition) is 5. The Morgan fingerprint density at radius 1 is 1.09 bits per heavy atom. The van der Waals surface area contributed by atoms with E-state index in [4.69, 9.17) is 21.1 Å². The number of amides is 2. The average molecular weight is 480 g/mol. The van der Waals surface area contributed by atoms with Crippen molar-refractivity contribution in [2.75, 3.05) is 25.1 Å². The molecule has 0 unspecified atom stereocenters. The summed E-state index contributed by atoms with van der Waals surface area (Å²) in [7, 11) is 1.48. The van der Waals surface area contributed by atoms with E-state index in [9.17, 15) is 9.59 Å².